The Morgan fingerprint density at radius 2 is 2.06 bits per heavy atom. The maximum absolute atomic E-state index is 12.0. The van der Waals surface area contributed by atoms with Crippen LogP contribution in [0.25, 0.3) is 10.9 Å². The zero-order valence-electron chi connectivity index (χ0n) is 9.68. The lowest BCUT2D eigenvalue weighted by Crippen LogP contribution is -2.07. The molecule has 0 aliphatic carbocycles. The van der Waals surface area contributed by atoms with Crippen LogP contribution in [0.1, 0.15) is 19.5 Å². The van der Waals surface area contributed by atoms with Crippen LogP contribution in [-0.4, -0.2) is 4.98 Å². The van der Waals surface area contributed by atoms with Crippen LogP contribution in [0.15, 0.2) is 23.0 Å². The maximum Gasteiger partial charge on any atom is 0.189 e. The molecule has 17 heavy (non-hydrogen) atoms. The Labute approximate surface area is 119 Å². The minimum absolute atomic E-state index is 0.0369. The smallest absolute Gasteiger partial charge is 0.189 e. The Morgan fingerprint density at radius 1 is 1.35 bits per heavy atom. The standard InChI is InChI=1S/C13H13ClINO/c1-7(2)3-9-6-12(17)10-4-8(15)5-11(14)13(10)16-9/h4-7H,3H2,1-2H3,(H,16,17). The number of rotatable bonds is 2. The van der Waals surface area contributed by atoms with E-state index in [-0.39, 0.29) is 5.43 Å². The van der Waals surface area contributed by atoms with Crippen molar-refractivity contribution in [2.24, 2.45) is 5.92 Å². The van der Waals surface area contributed by atoms with Gasteiger partial charge in [0.05, 0.1) is 10.5 Å². The summed E-state index contributed by atoms with van der Waals surface area (Å²) < 4.78 is 0.974. The second kappa shape index (κ2) is 4.98. The van der Waals surface area contributed by atoms with Crippen molar-refractivity contribution in [3.63, 3.8) is 0 Å². The topological polar surface area (TPSA) is 32.9 Å². The van der Waals surface area contributed by atoms with E-state index >= 15 is 0 Å². The molecule has 0 bridgehead atoms. The van der Waals surface area contributed by atoms with Gasteiger partial charge in [0.15, 0.2) is 5.43 Å². The van der Waals surface area contributed by atoms with E-state index in [4.69, 9.17) is 11.6 Å². The molecular formula is C13H13ClINO. The Hall–Kier alpha value is -0.550. The summed E-state index contributed by atoms with van der Waals surface area (Å²) in [5.74, 6) is 0.505. The highest BCUT2D eigenvalue weighted by atomic mass is 127. The van der Waals surface area contributed by atoms with Crippen LogP contribution in [0.2, 0.25) is 5.02 Å². The van der Waals surface area contributed by atoms with Gasteiger partial charge in [-0.1, -0.05) is 25.4 Å². The van der Waals surface area contributed by atoms with E-state index in [1.54, 1.807) is 6.07 Å². The molecule has 1 aromatic heterocycles. The molecule has 1 heterocycles. The molecule has 90 valence electrons. The highest BCUT2D eigenvalue weighted by Gasteiger charge is 2.08. The van der Waals surface area contributed by atoms with Gasteiger partial charge < -0.3 is 4.98 Å². The van der Waals surface area contributed by atoms with Crippen LogP contribution in [0.4, 0.5) is 0 Å². The second-order valence-electron chi connectivity index (χ2n) is 4.57. The lowest BCUT2D eigenvalue weighted by molar-refractivity contribution is 0.636. The molecule has 0 aliphatic rings. The van der Waals surface area contributed by atoms with Gasteiger partial charge in [-0.3, -0.25) is 4.79 Å². The van der Waals surface area contributed by atoms with Crippen LogP contribution in [-0.2, 0) is 6.42 Å². The number of benzene rings is 1. The first-order valence-electron chi connectivity index (χ1n) is 5.48. The van der Waals surface area contributed by atoms with Crippen LogP contribution < -0.4 is 5.43 Å². The average molecular weight is 362 g/mol. The first kappa shape index (κ1) is 12.9. The first-order chi connectivity index (χ1) is 7.97. The number of aromatic nitrogens is 1. The molecule has 0 unspecified atom stereocenters. The van der Waals surface area contributed by atoms with Crippen LogP contribution in [0.3, 0.4) is 0 Å². The van der Waals surface area contributed by atoms with Crippen molar-refractivity contribution in [3.8, 4) is 0 Å². The number of hydrogen-bond acceptors (Lipinski definition) is 1. The third kappa shape index (κ3) is 2.83. The molecule has 0 aliphatic heterocycles. The number of aromatic amines is 1. The summed E-state index contributed by atoms with van der Waals surface area (Å²) in [6.07, 6.45) is 0.855. The Bertz CT molecular complexity index is 619. The Balaban J connectivity index is 2.69. The fraction of sp³-hybridized carbons (Fsp3) is 0.308. The van der Waals surface area contributed by atoms with E-state index in [0.29, 0.717) is 16.3 Å². The predicted octanol–water partition coefficient (Wildman–Crippen LogP) is 3.98. The predicted molar refractivity (Wildman–Crippen MR) is 80.8 cm³/mol. The highest BCUT2D eigenvalue weighted by molar-refractivity contribution is 14.1. The molecule has 2 nitrogen and oxygen atoms in total. The summed E-state index contributed by atoms with van der Waals surface area (Å²) in [4.78, 5) is 15.3. The number of nitrogens with one attached hydrogen (secondary N) is 1. The largest absolute Gasteiger partial charge is 0.357 e. The quantitative estimate of drug-likeness (QED) is 0.806. The van der Waals surface area contributed by atoms with Gasteiger partial charge >= 0.3 is 0 Å². The van der Waals surface area contributed by atoms with E-state index in [9.17, 15) is 4.79 Å². The normalized spacial score (nSPS) is 11.4. The van der Waals surface area contributed by atoms with Crippen molar-refractivity contribution in [2.45, 2.75) is 20.3 Å². The molecule has 0 spiro atoms. The van der Waals surface area contributed by atoms with Gasteiger partial charge in [-0.25, -0.2) is 0 Å². The van der Waals surface area contributed by atoms with Gasteiger partial charge in [-0.15, -0.1) is 0 Å². The summed E-state index contributed by atoms with van der Waals surface area (Å²) in [5.41, 5.74) is 1.73. The molecule has 1 aromatic carbocycles. The third-order valence-electron chi connectivity index (χ3n) is 2.54. The molecule has 4 heteroatoms. The molecule has 0 saturated heterocycles. The van der Waals surface area contributed by atoms with Crippen molar-refractivity contribution in [1.82, 2.24) is 4.98 Å². The minimum atomic E-state index is 0.0369. The molecule has 2 aromatic rings. The van der Waals surface area contributed by atoms with Crippen molar-refractivity contribution in [2.75, 3.05) is 0 Å². The average Bonchev–Trinajstić information content (AvgIpc) is 2.19. The van der Waals surface area contributed by atoms with E-state index in [0.717, 1.165) is 21.2 Å². The number of H-pyrrole nitrogens is 1. The van der Waals surface area contributed by atoms with Gasteiger partial charge in [-0.05, 0) is 47.1 Å². The van der Waals surface area contributed by atoms with Gasteiger partial charge in [0, 0.05) is 20.7 Å². The first-order valence-corrected chi connectivity index (χ1v) is 6.94. The maximum atomic E-state index is 12.0. The fourth-order valence-electron chi connectivity index (χ4n) is 1.88. The zero-order valence-corrected chi connectivity index (χ0v) is 12.6. The molecule has 1 N–H and O–H groups in total. The van der Waals surface area contributed by atoms with Gasteiger partial charge in [0.25, 0.3) is 0 Å². The molecule has 0 amide bonds. The van der Waals surface area contributed by atoms with Gasteiger partial charge in [0.1, 0.15) is 0 Å². The van der Waals surface area contributed by atoms with Crippen LogP contribution in [0, 0.1) is 9.49 Å². The molecule has 0 atom stereocenters. The third-order valence-corrected chi connectivity index (χ3v) is 3.46. The summed E-state index contributed by atoms with van der Waals surface area (Å²) in [6.45, 7) is 4.25. The summed E-state index contributed by atoms with van der Waals surface area (Å²) >= 11 is 8.33. The van der Waals surface area contributed by atoms with Crippen LogP contribution >= 0.6 is 34.2 Å². The molecule has 0 radical (unpaired) electrons. The van der Waals surface area contributed by atoms with Crippen molar-refractivity contribution in [1.29, 1.82) is 0 Å². The SMILES string of the molecule is CC(C)Cc1cc(=O)c2cc(I)cc(Cl)c2[nH]1. The lowest BCUT2D eigenvalue weighted by Gasteiger charge is -2.08. The molecule has 0 saturated carbocycles. The number of pyridine rings is 1. The minimum Gasteiger partial charge on any atom is -0.357 e. The van der Waals surface area contributed by atoms with E-state index < -0.39 is 0 Å². The van der Waals surface area contributed by atoms with Gasteiger partial charge in [0.2, 0.25) is 0 Å². The molecular weight excluding hydrogens is 349 g/mol. The summed E-state index contributed by atoms with van der Waals surface area (Å²) in [7, 11) is 0. The lowest BCUT2D eigenvalue weighted by atomic mass is 10.1. The number of hydrogen-bond donors (Lipinski definition) is 1. The van der Waals surface area contributed by atoms with Crippen molar-refractivity contribution in [3.05, 3.63) is 42.7 Å². The summed E-state index contributed by atoms with van der Waals surface area (Å²) in [5, 5.41) is 1.27. The Kier molecular flexibility index (Phi) is 3.78. The van der Waals surface area contributed by atoms with Crippen LogP contribution in [0.5, 0.6) is 0 Å². The number of halogens is 2. The van der Waals surface area contributed by atoms with Gasteiger partial charge in [-0.2, -0.15) is 0 Å². The molecule has 0 fully saturated rings. The summed E-state index contributed by atoms with van der Waals surface area (Å²) in [6, 6.07) is 5.40. The fourth-order valence-corrected chi connectivity index (χ4v) is 2.95. The van der Waals surface area contributed by atoms with Crippen molar-refractivity contribution < 1.29 is 0 Å². The zero-order chi connectivity index (χ0) is 12.6. The molecule has 2 rings (SSSR count). The number of fused-ring (bicyclic) bond motifs is 1. The highest BCUT2D eigenvalue weighted by Crippen LogP contribution is 2.23. The van der Waals surface area contributed by atoms with E-state index in [1.165, 1.54) is 0 Å². The monoisotopic (exact) mass is 361 g/mol. The van der Waals surface area contributed by atoms with Crippen molar-refractivity contribution >= 4 is 45.1 Å². The Morgan fingerprint density at radius 3 is 2.71 bits per heavy atom. The van der Waals surface area contributed by atoms with E-state index in [1.807, 2.05) is 12.1 Å². The second-order valence-corrected chi connectivity index (χ2v) is 6.22. The van der Waals surface area contributed by atoms with E-state index in [2.05, 4.69) is 41.4 Å².